The summed E-state index contributed by atoms with van der Waals surface area (Å²) in [5, 5.41) is 5.70. The topological polar surface area (TPSA) is 62.7 Å². The van der Waals surface area contributed by atoms with Crippen molar-refractivity contribution in [3.8, 4) is 0 Å². The van der Waals surface area contributed by atoms with Crippen LogP contribution in [0.25, 0.3) is 0 Å². The molecule has 0 unspecified atom stereocenters. The minimum atomic E-state index is -0.688. The van der Waals surface area contributed by atoms with Crippen LogP contribution in [0, 0.1) is 11.6 Å². The molecule has 0 saturated carbocycles. The molecule has 0 radical (unpaired) electrons. The van der Waals surface area contributed by atoms with Crippen molar-refractivity contribution >= 4 is 17.3 Å². The first-order chi connectivity index (χ1) is 11.2. The highest BCUT2D eigenvalue weighted by Gasteiger charge is 2.09. The van der Waals surface area contributed by atoms with E-state index in [2.05, 4.69) is 25.6 Å². The van der Waals surface area contributed by atoms with Crippen molar-refractivity contribution in [3.05, 3.63) is 72.3 Å². The van der Waals surface area contributed by atoms with Gasteiger partial charge in [0.2, 0.25) is 0 Å². The Hall–Kier alpha value is -3.09. The molecular formula is C16H13F2N5. The van der Waals surface area contributed by atoms with Gasteiger partial charge in [0, 0.05) is 12.3 Å². The van der Waals surface area contributed by atoms with Crippen LogP contribution in [-0.2, 0) is 6.54 Å². The van der Waals surface area contributed by atoms with Crippen LogP contribution in [0.4, 0.5) is 26.1 Å². The number of rotatable bonds is 5. The predicted molar refractivity (Wildman–Crippen MR) is 83.2 cm³/mol. The smallest absolute Gasteiger partial charge is 0.149 e. The summed E-state index contributed by atoms with van der Waals surface area (Å²) in [6.45, 7) is 0.478. The fourth-order valence-electron chi connectivity index (χ4n) is 1.95. The van der Waals surface area contributed by atoms with E-state index in [1.54, 1.807) is 12.3 Å². The van der Waals surface area contributed by atoms with Gasteiger partial charge in [-0.1, -0.05) is 12.1 Å². The third kappa shape index (κ3) is 3.76. The van der Waals surface area contributed by atoms with Crippen LogP contribution < -0.4 is 10.6 Å². The van der Waals surface area contributed by atoms with Crippen molar-refractivity contribution in [2.75, 3.05) is 10.6 Å². The SMILES string of the molecule is Fc1cccc(F)c1Nc1cc(NCc2ccccn2)ncn1. The Kier molecular flexibility index (Phi) is 4.37. The Morgan fingerprint density at radius 1 is 0.870 bits per heavy atom. The lowest BCUT2D eigenvalue weighted by molar-refractivity contribution is 0.590. The fraction of sp³-hybridized carbons (Fsp3) is 0.0625. The maximum Gasteiger partial charge on any atom is 0.149 e. The zero-order valence-electron chi connectivity index (χ0n) is 12.0. The molecule has 0 aliphatic rings. The molecular weight excluding hydrogens is 300 g/mol. The molecule has 23 heavy (non-hydrogen) atoms. The first-order valence-corrected chi connectivity index (χ1v) is 6.89. The van der Waals surface area contributed by atoms with Crippen molar-refractivity contribution < 1.29 is 8.78 Å². The van der Waals surface area contributed by atoms with E-state index in [4.69, 9.17) is 0 Å². The molecule has 0 atom stereocenters. The van der Waals surface area contributed by atoms with Crippen LogP contribution in [0.3, 0.4) is 0 Å². The van der Waals surface area contributed by atoms with Crippen LogP contribution in [0.2, 0.25) is 0 Å². The van der Waals surface area contributed by atoms with Crippen molar-refractivity contribution in [2.24, 2.45) is 0 Å². The third-order valence-corrected chi connectivity index (χ3v) is 3.06. The van der Waals surface area contributed by atoms with Crippen LogP contribution in [0.5, 0.6) is 0 Å². The molecule has 7 heteroatoms. The molecule has 0 aliphatic carbocycles. The summed E-state index contributed by atoms with van der Waals surface area (Å²) in [6.07, 6.45) is 3.01. The Bertz CT molecular complexity index is 775. The first kappa shape index (κ1) is 14.8. The lowest BCUT2D eigenvalue weighted by Gasteiger charge is -2.09. The van der Waals surface area contributed by atoms with E-state index in [9.17, 15) is 8.78 Å². The molecule has 0 fully saturated rings. The van der Waals surface area contributed by atoms with E-state index in [0.717, 1.165) is 5.69 Å². The standard InChI is InChI=1S/C16H13F2N5/c17-12-5-3-6-13(18)16(12)23-15-8-14(21-10-22-15)20-9-11-4-1-2-7-19-11/h1-8,10H,9H2,(H2,20,21,22,23). The van der Waals surface area contributed by atoms with Gasteiger partial charge in [-0.3, -0.25) is 4.98 Å². The van der Waals surface area contributed by atoms with Crippen molar-refractivity contribution in [2.45, 2.75) is 6.54 Å². The van der Waals surface area contributed by atoms with Gasteiger partial charge in [-0.25, -0.2) is 18.7 Å². The summed E-state index contributed by atoms with van der Waals surface area (Å²) < 4.78 is 27.3. The third-order valence-electron chi connectivity index (χ3n) is 3.06. The first-order valence-electron chi connectivity index (χ1n) is 6.89. The van der Waals surface area contributed by atoms with E-state index in [1.165, 1.54) is 24.5 Å². The lowest BCUT2D eigenvalue weighted by Crippen LogP contribution is -2.05. The number of aromatic nitrogens is 3. The molecule has 3 rings (SSSR count). The maximum absolute atomic E-state index is 13.6. The van der Waals surface area contributed by atoms with Gasteiger partial charge in [0.05, 0.1) is 12.2 Å². The van der Waals surface area contributed by atoms with Crippen LogP contribution >= 0.6 is 0 Å². The fourth-order valence-corrected chi connectivity index (χ4v) is 1.95. The molecule has 0 aliphatic heterocycles. The number of halogens is 2. The molecule has 3 aromatic rings. The van der Waals surface area contributed by atoms with Gasteiger partial charge in [0.15, 0.2) is 0 Å². The molecule has 2 heterocycles. The zero-order valence-corrected chi connectivity index (χ0v) is 12.0. The van der Waals surface area contributed by atoms with Gasteiger partial charge in [-0.15, -0.1) is 0 Å². The van der Waals surface area contributed by atoms with Gasteiger partial charge in [-0.05, 0) is 24.3 Å². The molecule has 2 N–H and O–H groups in total. The number of anilines is 3. The average molecular weight is 313 g/mol. The van der Waals surface area contributed by atoms with Crippen LogP contribution in [0.15, 0.2) is 55.0 Å². The molecule has 0 amide bonds. The number of benzene rings is 1. The summed E-state index contributed by atoms with van der Waals surface area (Å²) in [5.74, 6) is -0.573. The average Bonchev–Trinajstić information content (AvgIpc) is 2.58. The highest BCUT2D eigenvalue weighted by molar-refractivity contribution is 5.60. The second-order valence-corrected chi connectivity index (χ2v) is 4.68. The van der Waals surface area contributed by atoms with E-state index < -0.39 is 11.6 Å². The number of hydrogen-bond acceptors (Lipinski definition) is 5. The van der Waals surface area contributed by atoms with Gasteiger partial charge in [0.25, 0.3) is 0 Å². The molecule has 116 valence electrons. The normalized spacial score (nSPS) is 10.3. The van der Waals surface area contributed by atoms with Gasteiger partial charge in [-0.2, -0.15) is 0 Å². The Morgan fingerprint density at radius 3 is 2.39 bits per heavy atom. The molecule has 0 saturated heterocycles. The Labute approximate surface area is 131 Å². The van der Waals surface area contributed by atoms with Crippen LogP contribution in [-0.4, -0.2) is 15.0 Å². The largest absolute Gasteiger partial charge is 0.364 e. The van der Waals surface area contributed by atoms with E-state index in [1.807, 2.05) is 18.2 Å². The highest BCUT2D eigenvalue weighted by atomic mass is 19.1. The van der Waals surface area contributed by atoms with E-state index in [0.29, 0.717) is 12.4 Å². The number of nitrogens with zero attached hydrogens (tertiary/aromatic N) is 3. The zero-order chi connectivity index (χ0) is 16.1. The molecule has 2 aromatic heterocycles. The van der Waals surface area contributed by atoms with Gasteiger partial charge < -0.3 is 10.6 Å². The highest BCUT2D eigenvalue weighted by Crippen LogP contribution is 2.22. The van der Waals surface area contributed by atoms with Crippen LogP contribution in [0.1, 0.15) is 5.69 Å². The molecule has 0 bridgehead atoms. The number of pyridine rings is 1. The monoisotopic (exact) mass is 313 g/mol. The molecule has 0 spiro atoms. The van der Waals surface area contributed by atoms with Crippen molar-refractivity contribution in [3.63, 3.8) is 0 Å². The Balaban J connectivity index is 1.72. The van der Waals surface area contributed by atoms with Gasteiger partial charge >= 0.3 is 0 Å². The van der Waals surface area contributed by atoms with E-state index in [-0.39, 0.29) is 11.5 Å². The summed E-state index contributed by atoms with van der Waals surface area (Å²) >= 11 is 0. The predicted octanol–water partition coefficient (Wildman–Crippen LogP) is 3.51. The molecule has 1 aromatic carbocycles. The second kappa shape index (κ2) is 6.78. The number of para-hydroxylation sites is 1. The van der Waals surface area contributed by atoms with Gasteiger partial charge in [0.1, 0.15) is 35.3 Å². The molecule has 5 nitrogen and oxygen atoms in total. The number of hydrogen-bond donors (Lipinski definition) is 2. The summed E-state index contributed by atoms with van der Waals surface area (Å²) in [7, 11) is 0. The van der Waals surface area contributed by atoms with E-state index >= 15 is 0 Å². The summed E-state index contributed by atoms with van der Waals surface area (Å²) in [6, 6.07) is 10.8. The lowest BCUT2D eigenvalue weighted by atomic mass is 10.3. The Morgan fingerprint density at radius 2 is 1.65 bits per heavy atom. The second-order valence-electron chi connectivity index (χ2n) is 4.68. The minimum Gasteiger partial charge on any atom is -0.364 e. The van der Waals surface area contributed by atoms with Crippen molar-refractivity contribution in [1.82, 2.24) is 15.0 Å². The number of nitrogens with one attached hydrogen (secondary N) is 2. The van der Waals surface area contributed by atoms with Crippen molar-refractivity contribution in [1.29, 1.82) is 0 Å². The quantitative estimate of drug-likeness (QED) is 0.755. The summed E-state index contributed by atoms with van der Waals surface area (Å²) in [5.41, 5.74) is 0.600. The summed E-state index contributed by atoms with van der Waals surface area (Å²) in [4.78, 5) is 12.2. The maximum atomic E-state index is 13.6. The minimum absolute atomic E-state index is 0.248.